The van der Waals surface area contributed by atoms with Crippen LogP contribution >= 0.6 is 39.5 Å². The standard InChI is InChI=1S/C22H21F3N4O2S.C22H21F3N4OS.C17H14BrF3N4O.C11H19BO2S.H2O2/c1-12(14-4-3-5-15(18(14)23)19(24)25)28-20-17-10-16(13-6-8-32(31)9-7-13)22(30)29(2)21(17)27-11-26-20;1-12(14-4-3-5-15(18(14)23)19(24)25)28-20-17-10-16(13-6-8-31-9-7-13)22(30)29(2)21(17)27-11-26-20;1-8(9-4-3-5-10(13(9)19)14(20)21)24-15-11-6-12(18)17(26)25(2)16(11)23-7-22-15;1-10(2)11(3,4)14-12(13-10)9-5-7-15-8-6-9;1-2/h3-6,10-12,19H,7-9H2,1-2H3,(H,26,27,28);3-6,10-12,19H,7-9H2,1-2H3,(H,26,27,28);3-8,14H,1-2H3,(H,22,23,24);5H,6-8H2,1-4H3;1-2H/t12-,32?;12-;8-;;/m111../s1. The summed E-state index contributed by atoms with van der Waals surface area (Å²) in [6.07, 6.45) is 3.71. The number of nitrogens with zero attached hydrogens (tertiary/aromatic N) is 9. The van der Waals surface area contributed by atoms with Gasteiger partial charge in [-0.25, -0.2) is 69.4 Å². The highest BCUT2D eigenvalue weighted by molar-refractivity contribution is 9.10. The van der Waals surface area contributed by atoms with E-state index in [1.165, 1.54) is 80.3 Å². The second-order valence-electron chi connectivity index (χ2n) is 25.9. The number of halogens is 10. The molecule has 10 heterocycles. The van der Waals surface area contributed by atoms with E-state index in [0.717, 1.165) is 59.4 Å². The summed E-state index contributed by atoms with van der Waals surface area (Å²) in [5.41, 5.74) is 2.70. The molecular weight excluding hydrogens is 1520 g/mol. The van der Waals surface area contributed by atoms with Crippen molar-refractivity contribution >= 4 is 119 Å². The SMILES string of the molecule is CC1(C)OB(C2=CCSCC2)OC1(C)C.C[C@@H](Nc1ncnc2c1cc(Br)c(=O)n2C)c1cccc(C(F)F)c1F.C[C@@H](Nc1ncnc2c1cc(C1=CCS(=O)CC1)c(=O)n2C)c1cccc(C(F)F)c1F.C[C@@H](Nc1ncnc2c1cc(C1=CCSCC1)c(=O)n2C)c1cccc(C(F)F)c1F.OO. The van der Waals surface area contributed by atoms with Crippen LogP contribution in [-0.4, -0.2) is 111 Å². The number of rotatable bonds is 15. The van der Waals surface area contributed by atoms with Crippen LogP contribution in [0.3, 0.4) is 0 Å². The summed E-state index contributed by atoms with van der Waals surface area (Å²) in [5, 5.41) is 22.9. The quantitative estimate of drug-likeness (QED) is 0.0277. The van der Waals surface area contributed by atoms with E-state index in [1.54, 1.807) is 60.1 Å². The predicted molar refractivity (Wildman–Crippen MR) is 404 cm³/mol. The van der Waals surface area contributed by atoms with Gasteiger partial charge in [-0.3, -0.25) is 42.8 Å². The number of benzene rings is 3. The van der Waals surface area contributed by atoms with E-state index in [0.29, 0.717) is 84.1 Å². The molecule has 6 aromatic heterocycles. The Balaban J connectivity index is 0.000000167. The third kappa shape index (κ3) is 18.3. The molecule has 0 amide bonds. The molecule has 20 nitrogen and oxygen atoms in total. The lowest BCUT2D eigenvalue weighted by atomic mass is 9.76. The zero-order valence-corrected chi connectivity index (χ0v) is 63.2. The number of nitrogens with one attached hydrogen (secondary N) is 3. The molecule has 1 saturated heterocycles. The van der Waals surface area contributed by atoms with E-state index in [1.807, 2.05) is 29.6 Å². The average molecular weight is 1600 g/mol. The van der Waals surface area contributed by atoms with Crippen molar-refractivity contribution in [2.24, 2.45) is 21.1 Å². The van der Waals surface area contributed by atoms with Gasteiger partial charge in [-0.2, -0.15) is 23.5 Å². The average Bonchev–Trinajstić information content (AvgIpc) is 1.22. The maximum absolute atomic E-state index is 14.6. The maximum atomic E-state index is 14.6. The van der Waals surface area contributed by atoms with Crippen molar-refractivity contribution < 1.29 is 63.5 Å². The summed E-state index contributed by atoms with van der Waals surface area (Å²) < 4.78 is 150. The molecule has 1 unspecified atom stereocenters. The number of pyridine rings is 3. The number of allylic oxidation sites excluding steroid dienone is 3. The second-order valence-corrected chi connectivity index (χ2v) is 30.6. The van der Waals surface area contributed by atoms with Crippen molar-refractivity contribution in [3.05, 3.63) is 213 Å². The topological polar surface area (TPSA) is 255 Å². The van der Waals surface area contributed by atoms with Crippen molar-refractivity contribution in [3.8, 4) is 0 Å². The van der Waals surface area contributed by atoms with E-state index >= 15 is 0 Å². The molecule has 0 radical (unpaired) electrons. The van der Waals surface area contributed by atoms with Gasteiger partial charge in [0.25, 0.3) is 36.0 Å². The molecule has 1 fully saturated rings. The van der Waals surface area contributed by atoms with Crippen molar-refractivity contribution in [3.63, 3.8) is 0 Å². The largest absolute Gasteiger partial charge is 0.490 e. The van der Waals surface area contributed by atoms with Crippen LogP contribution in [0.25, 0.3) is 44.2 Å². The predicted octanol–water partition coefficient (Wildman–Crippen LogP) is 16.3. The zero-order chi connectivity index (χ0) is 77.2. The number of thioether (sulfide) groups is 2. The minimum absolute atomic E-state index is 0.0806. The van der Waals surface area contributed by atoms with Crippen LogP contribution in [0, 0.1) is 17.5 Å². The minimum Gasteiger partial charge on any atom is -0.400 e. The first-order valence-electron chi connectivity index (χ1n) is 33.2. The lowest BCUT2D eigenvalue weighted by molar-refractivity contribution is -0.176. The summed E-state index contributed by atoms with van der Waals surface area (Å²) in [6, 6.07) is 14.8. The fourth-order valence-electron chi connectivity index (χ4n) is 12.0. The molecule has 34 heteroatoms. The Labute approximate surface area is 623 Å². The molecule has 3 aromatic carbocycles. The van der Waals surface area contributed by atoms with Crippen LogP contribution in [0.4, 0.5) is 57.0 Å². The number of hydrogen-bond acceptors (Lipinski definition) is 19. The normalized spacial score (nSPS) is 17.0. The Kier molecular flexibility index (Phi) is 27.5. The molecule has 0 aliphatic carbocycles. The lowest BCUT2D eigenvalue weighted by Gasteiger charge is -2.32. The molecule has 0 spiro atoms. The first-order valence-corrected chi connectivity index (χ1v) is 37.8. The first-order chi connectivity index (χ1) is 50.4. The first kappa shape index (κ1) is 81.8. The van der Waals surface area contributed by atoms with Gasteiger partial charge < -0.3 is 25.3 Å². The van der Waals surface area contributed by atoms with Gasteiger partial charge >= 0.3 is 7.12 Å². The van der Waals surface area contributed by atoms with Gasteiger partial charge in [0.2, 0.25) is 0 Å². The van der Waals surface area contributed by atoms with Gasteiger partial charge in [0.15, 0.2) is 0 Å². The number of aryl methyl sites for hydroxylation is 3. The Bertz CT molecular complexity index is 5020. The van der Waals surface area contributed by atoms with E-state index in [-0.39, 0.29) is 51.7 Å². The highest BCUT2D eigenvalue weighted by Gasteiger charge is 2.52. The van der Waals surface area contributed by atoms with Gasteiger partial charge in [0.05, 0.1) is 66.6 Å². The van der Waals surface area contributed by atoms with Crippen LogP contribution in [-0.2, 0) is 41.3 Å². The van der Waals surface area contributed by atoms with E-state index in [9.17, 15) is 58.1 Å². The molecule has 4 aliphatic heterocycles. The molecule has 4 atom stereocenters. The Hall–Kier alpha value is -8.25. The van der Waals surface area contributed by atoms with Crippen molar-refractivity contribution in [2.75, 3.05) is 50.5 Å². The van der Waals surface area contributed by atoms with Crippen molar-refractivity contribution in [1.29, 1.82) is 0 Å². The summed E-state index contributed by atoms with van der Waals surface area (Å²) in [6.45, 7) is 13.4. The van der Waals surface area contributed by atoms with Crippen molar-refractivity contribution in [1.82, 2.24) is 43.6 Å². The number of alkyl halides is 6. The Morgan fingerprint density at radius 3 is 1.24 bits per heavy atom. The van der Waals surface area contributed by atoms with Gasteiger partial charge in [0.1, 0.15) is 70.8 Å². The van der Waals surface area contributed by atoms with Crippen LogP contribution in [0.15, 0.2) is 134 Å². The van der Waals surface area contributed by atoms with Crippen LogP contribution < -0.4 is 32.6 Å². The van der Waals surface area contributed by atoms with Gasteiger partial charge in [-0.05, 0) is 130 Å². The fourth-order valence-corrected chi connectivity index (χ4v) is 15.2. The Morgan fingerprint density at radius 2 is 0.887 bits per heavy atom. The van der Waals surface area contributed by atoms with Gasteiger partial charge in [-0.15, -0.1) is 0 Å². The summed E-state index contributed by atoms with van der Waals surface area (Å²) in [4.78, 5) is 63.0. The van der Waals surface area contributed by atoms with Crippen LogP contribution in [0.2, 0.25) is 0 Å². The second kappa shape index (κ2) is 35.6. The minimum atomic E-state index is -2.92. The summed E-state index contributed by atoms with van der Waals surface area (Å²) in [5.74, 6) is 3.23. The molecule has 564 valence electrons. The third-order valence-electron chi connectivity index (χ3n) is 18.6. The summed E-state index contributed by atoms with van der Waals surface area (Å²) in [7, 11) is 3.78. The highest BCUT2D eigenvalue weighted by atomic mass is 79.9. The van der Waals surface area contributed by atoms with Gasteiger partial charge in [0, 0.05) is 82.8 Å². The molecule has 0 saturated carbocycles. The number of fused-ring (bicyclic) bond motifs is 3. The smallest absolute Gasteiger partial charge is 0.400 e. The molecule has 13 rings (SSSR count). The fraction of sp³-hybridized carbons (Fsp3) is 0.375. The van der Waals surface area contributed by atoms with E-state index in [4.69, 9.17) is 19.8 Å². The molecule has 4 aliphatic rings. The molecule has 106 heavy (non-hydrogen) atoms. The molecule has 5 N–H and O–H groups in total. The maximum Gasteiger partial charge on any atom is 0.490 e. The van der Waals surface area contributed by atoms with E-state index < -0.39 is 82.3 Å². The van der Waals surface area contributed by atoms with Crippen LogP contribution in [0.1, 0.15) is 150 Å². The highest BCUT2D eigenvalue weighted by Crippen LogP contribution is 2.41. The molecule has 0 bridgehead atoms. The lowest BCUT2D eigenvalue weighted by Crippen LogP contribution is -2.41. The molecular formula is C72H77BBrF9N12O8S3. The third-order valence-corrected chi connectivity index (χ3v) is 22.2. The number of hydrogen-bond donors (Lipinski definition) is 5. The van der Waals surface area contributed by atoms with Crippen molar-refractivity contribution in [2.45, 2.75) is 116 Å². The summed E-state index contributed by atoms with van der Waals surface area (Å²) >= 11 is 6.97. The van der Waals surface area contributed by atoms with E-state index in [2.05, 4.69) is 102 Å². The number of anilines is 3. The zero-order valence-electron chi connectivity index (χ0n) is 59.2. The van der Waals surface area contributed by atoms with Crippen LogP contribution in [0.5, 0.6) is 0 Å². The number of aromatic nitrogens is 9. The van der Waals surface area contributed by atoms with Gasteiger partial charge in [-0.1, -0.05) is 72.8 Å². The Morgan fingerprint density at radius 1 is 0.528 bits per heavy atom. The monoisotopic (exact) mass is 1590 g/mol. The molecule has 9 aromatic rings.